The quantitative estimate of drug-likeness (QED) is 0.625. The van der Waals surface area contributed by atoms with Crippen LogP contribution in [0.5, 0.6) is 0 Å². The fourth-order valence-electron chi connectivity index (χ4n) is 4.35. The first-order chi connectivity index (χ1) is 15.4. The van der Waals surface area contributed by atoms with Gasteiger partial charge < -0.3 is 14.7 Å². The van der Waals surface area contributed by atoms with Crippen molar-refractivity contribution in [2.24, 2.45) is 0 Å². The maximum Gasteiger partial charge on any atom is 0.282 e. The van der Waals surface area contributed by atoms with Crippen molar-refractivity contribution in [3.8, 4) is 0 Å². The molecule has 0 aliphatic carbocycles. The minimum absolute atomic E-state index is 0.264. The first kappa shape index (κ1) is 22.4. The van der Waals surface area contributed by atoms with E-state index in [0.717, 1.165) is 31.9 Å². The Labute approximate surface area is 194 Å². The number of likely N-dealkylation sites (N-methyl/N-ethyl adjacent to an activating group) is 1. The Morgan fingerprint density at radius 1 is 0.844 bits per heavy atom. The second kappa shape index (κ2) is 9.35. The van der Waals surface area contributed by atoms with E-state index in [1.54, 1.807) is 12.1 Å². The number of carbonyl (C=O) groups is 2. The lowest BCUT2D eigenvalue weighted by Gasteiger charge is -2.34. The van der Waals surface area contributed by atoms with Crippen LogP contribution >= 0.6 is 11.6 Å². The molecule has 0 unspecified atom stereocenters. The Morgan fingerprint density at radius 3 is 2.00 bits per heavy atom. The molecule has 2 aromatic rings. The summed E-state index contributed by atoms with van der Waals surface area (Å²) in [5.41, 5.74) is 3.31. The second-order valence-corrected chi connectivity index (χ2v) is 8.59. The van der Waals surface area contributed by atoms with Gasteiger partial charge >= 0.3 is 0 Å². The predicted octanol–water partition coefficient (Wildman–Crippen LogP) is 3.72. The SMILES string of the molecule is CCN(CC)c1ccc(N2C(=O)C(c3ccc(Cl)cc3)=C(N3CCN(C)CC3)C2=O)cc1. The zero-order chi connectivity index (χ0) is 22.8. The number of rotatable bonds is 6. The Balaban J connectivity index is 1.72. The number of hydrogen-bond donors (Lipinski definition) is 0. The van der Waals surface area contributed by atoms with Crippen LogP contribution in [0.4, 0.5) is 11.4 Å². The topological polar surface area (TPSA) is 47.1 Å². The van der Waals surface area contributed by atoms with Crippen LogP contribution in [0.2, 0.25) is 5.02 Å². The van der Waals surface area contributed by atoms with E-state index in [4.69, 9.17) is 11.6 Å². The van der Waals surface area contributed by atoms with Crippen molar-refractivity contribution in [1.29, 1.82) is 0 Å². The lowest BCUT2D eigenvalue weighted by atomic mass is 10.0. The maximum atomic E-state index is 13.6. The third-order valence-corrected chi connectivity index (χ3v) is 6.50. The smallest absolute Gasteiger partial charge is 0.282 e. The van der Waals surface area contributed by atoms with Crippen molar-refractivity contribution in [3.63, 3.8) is 0 Å². The van der Waals surface area contributed by atoms with E-state index < -0.39 is 0 Å². The van der Waals surface area contributed by atoms with Crippen LogP contribution in [0.3, 0.4) is 0 Å². The second-order valence-electron chi connectivity index (χ2n) is 8.16. The zero-order valence-corrected chi connectivity index (χ0v) is 19.6. The van der Waals surface area contributed by atoms with Gasteiger partial charge in [0.15, 0.2) is 0 Å². The molecule has 32 heavy (non-hydrogen) atoms. The van der Waals surface area contributed by atoms with E-state index in [1.807, 2.05) is 36.4 Å². The number of nitrogens with zero attached hydrogens (tertiary/aromatic N) is 4. The van der Waals surface area contributed by atoms with Crippen LogP contribution < -0.4 is 9.80 Å². The van der Waals surface area contributed by atoms with E-state index in [1.165, 1.54) is 4.90 Å². The number of hydrogen-bond acceptors (Lipinski definition) is 5. The summed E-state index contributed by atoms with van der Waals surface area (Å²) in [5.74, 6) is -0.554. The molecule has 6 nitrogen and oxygen atoms in total. The lowest BCUT2D eigenvalue weighted by molar-refractivity contribution is -0.120. The summed E-state index contributed by atoms with van der Waals surface area (Å²) in [6.45, 7) is 9.11. The predicted molar refractivity (Wildman–Crippen MR) is 130 cm³/mol. The first-order valence-corrected chi connectivity index (χ1v) is 11.5. The van der Waals surface area contributed by atoms with Gasteiger partial charge in [0.1, 0.15) is 5.70 Å². The minimum Gasteiger partial charge on any atom is -0.372 e. The highest BCUT2D eigenvalue weighted by molar-refractivity contribution is 6.45. The van der Waals surface area contributed by atoms with Crippen LogP contribution in [-0.2, 0) is 9.59 Å². The van der Waals surface area contributed by atoms with Crippen molar-refractivity contribution < 1.29 is 9.59 Å². The summed E-state index contributed by atoms with van der Waals surface area (Å²) < 4.78 is 0. The van der Waals surface area contributed by atoms with Gasteiger partial charge in [-0.05, 0) is 62.9 Å². The highest BCUT2D eigenvalue weighted by atomic mass is 35.5. The Kier molecular flexibility index (Phi) is 6.53. The van der Waals surface area contributed by atoms with E-state index >= 15 is 0 Å². The first-order valence-electron chi connectivity index (χ1n) is 11.1. The maximum absolute atomic E-state index is 13.6. The van der Waals surface area contributed by atoms with Crippen molar-refractivity contribution in [2.45, 2.75) is 13.8 Å². The summed E-state index contributed by atoms with van der Waals surface area (Å²) in [6, 6.07) is 14.8. The highest BCUT2D eigenvalue weighted by Crippen LogP contribution is 2.36. The van der Waals surface area contributed by atoms with Gasteiger partial charge in [-0.25, -0.2) is 4.90 Å². The normalized spacial score (nSPS) is 17.5. The van der Waals surface area contributed by atoms with Crippen LogP contribution in [-0.4, -0.2) is 67.9 Å². The number of piperazine rings is 1. The van der Waals surface area contributed by atoms with Gasteiger partial charge in [-0.3, -0.25) is 9.59 Å². The summed E-state index contributed by atoms with van der Waals surface area (Å²) in [4.78, 5) is 35.1. The molecule has 2 heterocycles. The van der Waals surface area contributed by atoms with Crippen molar-refractivity contribution in [2.75, 3.05) is 56.1 Å². The Hall–Kier alpha value is -2.83. The molecule has 1 fully saturated rings. The largest absolute Gasteiger partial charge is 0.372 e. The van der Waals surface area contributed by atoms with Crippen LogP contribution in [0.15, 0.2) is 54.2 Å². The molecule has 2 amide bonds. The number of anilines is 2. The van der Waals surface area contributed by atoms with E-state index in [9.17, 15) is 9.59 Å². The van der Waals surface area contributed by atoms with Gasteiger partial charge in [-0.15, -0.1) is 0 Å². The standard InChI is InChI=1S/C25H29ClN4O2/c1-4-28(5-2)20-10-12-21(13-11-20)30-24(31)22(18-6-8-19(26)9-7-18)23(25(30)32)29-16-14-27(3)15-17-29/h6-13H,4-5,14-17H2,1-3H3. The molecule has 0 N–H and O–H groups in total. The van der Waals surface area contributed by atoms with Crippen LogP contribution in [0.25, 0.3) is 5.57 Å². The molecule has 4 rings (SSSR count). The molecular formula is C25H29ClN4O2. The zero-order valence-electron chi connectivity index (χ0n) is 18.8. The number of amides is 2. The van der Waals surface area contributed by atoms with Crippen molar-refractivity contribution >= 4 is 40.4 Å². The molecule has 0 saturated carbocycles. The van der Waals surface area contributed by atoms with Gasteiger partial charge in [0.25, 0.3) is 11.8 Å². The number of halogens is 1. The molecule has 0 aromatic heterocycles. The summed E-state index contributed by atoms with van der Waals surface area (Å²) in [7, 11) is 2.07. The number of carbonyl (C=O) groups excluding carboxylic acids is 2. The van der Waals surface area contributed by atoms with Gasteiger partial charge in [0, 0.05) is 50.0 Å². The molecule has 1 saturated heterocycles. The molecule has 2 aromatic carbocycles. The van der Waals surface area contributed by atoms with E-state index in [0.29, 0.717) is 40.6 Å². The molecule has 0 radical (unpaired) electrons. The van der Waals surface area contributed by atoms with Gasteiger partial charge in [-0.2, -0.15) is 0 Å². The molecule has 0 bridgehead atoms. The van der Waals surface area contributed by atoms with Crippen molar-refractivity contribution in [3.05, 3.63) is 64.8 Å². The Bertz CT molecular complexity index is 1020. The third kappa shape index (κ3) is 4.12. The monoisotopic (exact) mass is 452 g/mol. The lowest BCUT2D eigenvalue weighted by Crippen LogP contribution is -2.46. The van der Waals surface area contributed by atoms with E-state index in [-0.39, 0.29) is 11.8 Å². The molecule has 2 aliphatic rings. The average molecular weight is 453 g/mol. The highest BCUT2D eigenvalue weighted by Gasteiger charge is 2.42. The molecule has 2 aliphatic heterocycles. The van der Waals surface area contributed by atoms with Crippen LogP contribution in [0, 0.1) is 0 Å². The fourth-order valence-corrected chi connectivity index (χ4v) is 4.48. The summed E-state index contributed by atoms with van der Waals surface area (Å²) in [5, 5.41) is 0.594. The summed E-state index contributed by atoms with van der Waals surface area (Å²) in [6.07, 6.45) is 0. The summed E-state index contributed by atoms with van der Waals surface area (Å²) >= 11 is 6.08. The van der Waals surface area contributed by atoms with Gasteiger partial charge in [-0.1, -0.05) is 23.7 Å². The molecule has 7 heteroatoms. The number of benzene rings is 2. The molecular weight excluding hydrogens is 424 g/mol. The molecule has 0 atom stereocenters. The number of imide groups is 1. The van der Waals surface area contributed by atoms with Crippen molar-refractivity contribution in [1.82, 2.24) is 9.80 Å². The Morgan fingerprint density at radius 2 is 1.44 bits per heavy atom. The van der Waals surface area contributed by atoms with E-state index in [2.05, 4.69) is 35.6 Å². The minimum atomic E-state index is -0.290. The molecule has 0 spiro atoms. The fraction of sp³-hybridized carbons (Fsp3) is 0.360. The van der Waals surface area contributed by atoms with Gasteiger partial charge in [0.05, 0.1) is 11.3 Å². The third-order valence-electron chi connectivity index (χ3n) is 6.25. The van der Waals surface area contributed by atoms with Gasteiger partial charge in [0.2, 0.25) is 0 Å². The van der Waals surface area contributed by atoms with Crippen LogP contribution in [0.1, 0.15) is 19.4 Å². The average Bonchev–Trinajstić information content (AvgIpc) is 3.06. The molecule has 168 valence electrons.